The van der Waals surface area contributed by atoms with E-state index in [0.717, 1.165) is 9.13 Å². The van der Waals surface area contributed by atoms with E-state index < -0.39 is 16.9 Å². The van der Waals surface area contributed by atoms with Crippen LogP contribution in [-0.4, -0.2) is 30.4 Å². The van der Waals surface area contributed by atoms with E-state index >= 15 is 0 Å². The molecule has 2 aromatic heterocycles. The first-order valence-electron chi connectivity index (χ1n) is 4.98. The maximum Gasteiger partial charge on any atom is 0.332 e. The molecule has 0 bridgehead atoms. The zero-order valence-electron chi connectivity index (χ0n) is 9.43. The molecule has 0 amide bonds. The molecule has 17 heavy (non-hydrogen) atoms. The van der Waals surface area contributed by atoms with Crippen molar-refractivity contribution >= 4 is 11.2 Å². The molecule has 0 aliphatic rings. The molecule has 2 rings (SSSR count). The first-order chi connectivity index (χ1) is 7.99. The minimum atomic E-state index is -0.585. The molecule has 0 fully saturated rings. The lowest BCUT2D eigenvalue weighted by Crippen LogP contribution is -2.40. The van der Waals surface area contributed by atoms with Crippen LogP contribution < -0.4 is 16.9 Å². The first-order valence-corrected chi connectivity index (χ1v) is 4.98. The van der Waals surface area contributed by atoms with E-state index in [9.17, 15) is 14.4 Å². The van der Waals surface area contributed by atoms with E-state index in [1.807, 2.05) is 0 Å². The third kappa shape index (κ3) is 1.45. The number of H-pyrrole nitrogens is 1. The number of aromatic amines is 1. The molecule has 2 N–H and O–H groups in total. The maximum absolute atomic E-state index is 12.0. The second-order valence-corrected chi connectivity index (χ2v) is 3.71. The second-order valence-electron chi connectivity index (χ2n) is 3.71. The summed E-state index contributed by atoms with van der Waals surface area (Å²) >= 11 is 0. The number of imidazole rings is 1. The molecule has 2 aromatic rings. The number of nitrogens with zero attached hydrogens (tertiary/aromatic N) is 3. The summed E-state index contributed by atoms with van der Waals surface area (Å²) < 4.78 is 3.22. The Morgan fingerprint density at radius 1 is 1.18 bits per heavy atom. The lowest BCUT2D eigenvalue weighted by molar-refractivity contribution is 0.271. The van der Waals surface area contributed by atoms with Gasteiger partial charge in [0, 0.05) is 14.1 Å². The fourth-order valence-corrected chi connectivity index (χ4v) is 1.78. The second kappa shape index (κ2) is 3.74. The van der Waals surface area contributed by atoms with Crippen LogP contribution in [0.1, 0.15) is 0 Å². The van der Waals surface area contributed by atoms with Crippen molar-refractivity contribution in [3.05, 3.63) is 31.3 Å². The van der Waals surface area contributed by atoms with Gasteiger partial charge in [-0.25, -0.2) is 9.59 Å². The van der Waals surface area contributed by atoms with Gasteiger partial charge in [-0.3, -0.25) is 23.5 Å². The number of aliphatic hydroxyl groups excluding tert-OH is 1. The highest BCUT2D eigenvalue weighted by Crippen LogP contribution is 1.99. The standard InChI is InChI=1S/C9H12N4O4/c1-11-5-6(10-8(11)16)12(2)9(17)13(3-4-14)7(5)15/h14H,3-4H2,1-2H3,(H,10,16). The van der Waals surface area contributed by atoms with Gasteiger partial charge in [0.15, 0.2) is 5.52 Å². The van der Waals surface area contributed by atoms with Crippen LogP contribution in [0.15, 0.2) is 14.4 Å². The summed E-state index contributed by atoms with van der Waals surface area (Å²) in [6, 6.07) is 0. The zero-order valence-corrected chi connectivity index (χ0v) is 9.43. The number of nitrogens with one attached hydrogen (secondary N) is 1. The summed E-state index contributed by atoms with van der Waals surface area (Å²) in [4.78, 5) is 37.6. The van der Waals surface area contributed by atoms with Crippen LogP contribution >= 0.6 is 0 Å². The van der Waals surface area contributed by atoms with E-state index in [4.69, 9.17) is 5.11 Å². The predicted octanol–water partition coefficient (Wildman–Crippen LogP) is -2.28. The van der Waals surface area contributed by atoms with Crippen molar-refractivity contribution in [1.82, 2.24) is 18.7 Å². The third-order valence-corrected chi connectivity index (χ3v) is 2.71. The molecule has 0 aliphatic heterocycles. The van der Waals surface area contributed by atoms with Crippen molar-refractivity contribution in [2.75, 3.05) is 6.61 Å². The maximum atomic E-state index is 12.0. The predicted molar refractivity (Wildman–Crippen MR) is 60.1 cm³/mol. The van der Waals surface area contributed by atoms with Crippen molar-refractivity contribution in [1.29, 1.82) is 0 Å². The molecule has 0 saturated heterocycles. The van der Waals surface area contributed by atoms with Crippen molar-refractivity contribution in [3.8, 4) is 0 Å². The van der Waals surface area contributed by atoms with Crippen LogP contribution in [0.5, 0.6) is 0 Å². The normalized spacial score (nSPS) is 11.2. The zero-order chi connectivity index (χ0) is 12.7. The molecule has 92 valence electrons. The largest absolute Gasteiger partial charge is 0.395 e. The topological polar surface area (TPSA) is 102 Å². The molecule has 0 atom stereocenters. The number of hydrogen-bond donors (Lipinski definition) is 2. The molecule has 0 aliphatic carbocycles. The van der Waals surface area contributed by atoms with Gasteiger partial charge in [0.2, 0.25) is 0 Å². The third-order valence-electron chi connectivity index (χ3n) is 2.71. The number of aliphatic hydroxyl groups is 1. The van der Waals surface area contributed by atoms with Gasteiger partial charge in [-0.05, 0) is 0 Å². The fourth-order valence-electron chi connectivity index (χ4n) is 1.78. The fraction of sp³-hybridized carbons (Fsp3) is 0.444. The van der Waals surface area contributed by atoms with Gasteiger partial charge in [0.25, 0.3) is 5.56 Å². The number of hydrogen-bond acceptors (Lipinski definition) is 4. The van der Waals surface area contributed by atoms with Gasteiger partial charge >= 0.3 is 11.4 Å². The smallest absolute Gasteiger partial charge is 0.332 e. The van der Waals surface area contributed by atoms with E-state index in [1.165, 1.54) is 18.7 Å². The van der Waals surface area contributed by atoms with Crippen molar-refractivity contribution in [2.24, 2.45) is 14.1 Å². The highest BCUT2D eigenvalue weighted by Gasteiger charge is 2.15. The highest BCUT2D eigenvalue weighted by molar-refractivity contribution is 5.69. The quantitative estimate of drug-likeness (QED) is 0.617. The molecule has 0 unspecified atom stereocenters. The van der Waals surface area contributed by atoms with Crippen LogP contribution in [0.3, 0.4) is 0 Å². The number of aromatic nitrogens is 4. The Balaban J connectivity index is 3.07. The minimum Gasteiger partial charge on any atom is -0.395 e. The average molecular weight is 240 g/mol. The van der Waals surface area contributed by atoms with Crippen LogP contribution in [0.25, 0.3) is 11.2 Å². The van der Waals surface area contributed by atoms with E-state index in [2.05, 4.69) is 4.98 Å². The Morgan fingerprint density at radius 2 is 1.82 bits per heavy atom. The summed E-state index contributed by atoms with van der Waals surface area (Å²) in [5.74, 6) is 0. The van der Waals surface area contributed by atoms with Gasteiger partial charge < -0.3 is 5.11 Å². The van der Waals surface area contributed by atoms with Crippen molar-refractivity contribution in [3.63, 3.8) is 0 Å². The first kappa shape index (κ1) is 11.4. The molecule has 0 radical (unpaired) electrons. The lowest BCUT2D eigenvalue weighted by atomic mass is 10.5. The molecule has 8 heteroatoms. The van der Waals surface area contributed by atoms with Crippen LogP contribution in [0, 0.1) is 0 Å². The molecule has 0 aromatic carbocycles. The highest BCUT2D eigenvalue weighted by atomic mass is 16.3. The average Bonchev–Trinajstić information content (AvgIpc) is 2.59. The van der Waals surface area contributed by atoms with E-state index in [-0.39, 0.29) is 24.3 Å². The summed E-state index contributed by atoms with van der Waals surface area (Å²) in [5.41, 5.74) is -1.32. The summed E-state index contributed by atoms with van der Waals surface area (Å²) in [6.07, 6.45) is 0. The van der Waals surface area contributed by atoms with Crippen molar-refractivity contribution in [2.45, 2.75) is 6.54 Å². The SMILES string of the molecule is Cn1c(=O)n(CCO)c(=O)c2c1[nH]c(=O)n2C. The van der Waals surface area contributed by atoms with E-state index in [0.29, 0.717) is 0 Å². The Bertz CT molecular complexity index is 745. The molecule has 2 heterocycles. The van der Waals surface area contributed by atoms with E-state index in [1.54, 1.807) is 0 Å². The van der Waals surface area contributed by atoms with Gasteiger partial charge in [-0.2, -0.15) is 0 Å². The van der Waals surface area contributed by atoms with Crippen molar-refractivity contribution < 1.29 is 5.11 Å². The Labute approximate surface area is 94.3 Å². The molecule has 0 spiro atoms. The Hall–Kier alpha value is -2.09. The molecule has 8 nitrogen and oxygen atoms in total. The number of fused-ring (bicyclic) bond motifs is 1. The number of rotatable bonds is 2. The lowest BCUT2D eigenvalue weighted by Gasteiger charge is -2.06. The van der Waals surface area contributed by atoms with Gasteiger partial charge in [-0.1, -0.05) is 0 Å². The van der Waals surface area contributed by atoms with Crippen LogP contribution in [0.2, 0.25) is 0 Å². The monoisotopic (exact) mass is 240 g/mol. The number of aryl methyl sites for hydroxylation is 2. The Kier molecular flexibility index (Phi) is 2.50. The van der Waals surface area contributed by atoms with Crippen LogP contribution in [0.4, 0.5) is 0 Å². The van der Waals surface area contributed by atoms with Gasteiger partial charge in [0.05, 0.1) is 13.2 Å². The van der Waals surface area contributed by atoms with Crippen LogP contribution in [-0.2, 0) is 20.6 Å². The summed E-state index contributed by atoms with van der Waals surface area (Å²) in [5, 5.41) is 8.82. The summed E-state index contributed by atoms with van der Waals surface area (Å²) in [7, 11) is 2.89. The summed E-state index contributed by atoms with van der Waals surface area (Å²) in [6.45, 7) is -0.417. The molecular formula is C9H12N4O4. The van der Waals surface area contributed by atoms with Gasteiger partial charge in [-0.15, -0.1) is 0 Å². The van der Waals surface area contributed by atoms with Gasteiger partial charge in [0.1, 0.15) is 5.65 Å². The molecule has 0 saturated carbocycles. The molecular weight excluding hydrogens is 228 g/mol. The minimum absolute atomic E-state index is 0.0964. The Morgan fingerprint density at radius 3 is 2.41 bits per heavy atom.